The number of carbonyl (C=O) groups is 2. The van der Waals surface area contributed by atoms with E-state index in [0.29, 0.717) is 5.56 Å². The van der Waals surface area contributed by atoms with Gasteiger partial charge in [0, 0.05) is 5.56 Å². The summed E-state index contributed by atoms with van der Waals surface area (Å²) < 4.78 is 49.6. The first-order valence-electron chi connectivity index (χ1n) is 8.88. The van der Waals surface area contributed by atoms with Crippen LogP contribution in [0, 0.1) is 5.82 Å². The van der Waals surface area contributed by atoms with Crippen molar-refractivity contribution in [3.05, 3.63) is 60.4 Å². The Bertz CT molecular complexity index is 1170. The molecule has 0 aliphatic rings. The normalized spacial score (nSPS) is 12.2. The lowest BCUT2D eigenvalue weighted by Gasteiger charge is -2.13. The highest BCUT2D eigenvalue weighted by Gasteiger charge is 2.24. The summed E-state index contributed by atoms with van der Waals surface area (Å²) in [5.74, 6) is -2.16. The summed E-state index contributed by atoms with van der Waals surface area (Å²) in [6, 6.07) is 11.4. The Balaban J connectivity index is 1.50. The van der Waals surface area contributed by atoms with E-state index in [0.717, 1.165) is 24.3 Å². The van der Waals surface area contributed by atoms with Gasteiger partial charge in [-0.15, -0.1) is 5.10 Å². The lowest BCUT2D eigenvalue weighted by Crippen LogP contribution is -2.40. The third kappa shape index (κ3) is 5.93. The van der Waals surface area contributed by atoms with Gasteiger partial charge >= 0.3 is 12.0 Å². The number of amides is 1. The molecular formula is C19H17FN4O6S. The SMILES string of the molecule is C[C@H](NS(=O)(=O)c1ccc(F)cc1)C(=O)OCC(=O)Nc1nnc(-c2ccccc2)o1. The number of nitrogens with one attached hydrogen (secondary N) is 2. The van der Waals surface area contributed by atoms with E-state index in [2.05, 4.69) is 20.2 Å². The third-order valence-electron chi connectivity index (χ3n) is 3.85. The van der Waals surface area contributed by atoms with Gasteiger partial charge in [0.1, 0.15) is 11.9 Å². The highest BCUT2D eigenvalue weighted by atomic mass is 32.2. The molecule has 0 fully saturated rings. The van der Waals surface area contributed by atoms with Crippen LogP contribution in [0.5, 0.6) is 0 Å². The largest absolute Gasteiger partial charge is 0.454 e. The quantitative estimate of drug-likeness (QED) is 0.497. The fraction of sp³-hybridized carbons (Fsp3) is 0.158. The Labute approximate surface area is 176 Å². The van der Waals surface area contributed by atoms with Gasteiger partial charge in [-0.2, -0.15) is 4.72 Å². The molecule has 1 amide bonds. The van der Waals surface area contributed by atoms with Crippen LogP contribution in [0.2, 0.25) is 0 Å². The van der Waals surface area contributed by atoms with Gasteiger partial charge in [-0.1, -0.05) is 23.3 Å². The van der Waals surface area contributed by atoms with Crippen molar-refractivity contribution in [1.82, 2.24) is 14.9 Å². The van der Waals surface area contributed by atoms with Gasteiger partial charge in [-0.05, 0) is 43.3 Å². The predicted octanol–water partition coefficient (Wildman–Crippen LogP) is 1.72. The van der Waals surface area contributed by atoms with Crippen molar-refractivity contribution in [2.24, 2.45) is 0 Å². The van der Waals surface area contributed by atoms with Gasteiger partial charge in [0.05, 0.1) is 4.90 Å². The molecule has 0 unspecified atom stereocenters. The van der Waals surface area contributed by atoms with Crippen molar-refractivity contribution >= 4 is 27.9 Å². The van der Waals surface area contributed by atoms with Gasteiger partial charge in [-0.25, -0.2) is 12.8 Å². The number of anilines is 1. The van der Waals surface area contributed by atoms with Crippen molar-refractivity contribution in [3.8, 4) is 11.5 Å². The van der Waals surface area contributed by atoms with Crippen LogP contribution in [-0.4, -0.2) is 43.1 Å². The first kappa shape index (κ1) is 22.1. The number of hydrogen-bond donors (Lipinski definition) is 2. The summed E-state index contributed by atoms with van der Waals surface area (Å²) in [6.45, 7) is 0.538. The van der Waals surface area contributed by atoms with E-state index in [-0.39, 0.29) is 16.8 Å². The number of nitrogens with zero attached hydrogens (tertiary/aromatic N) is 2. The van der Waals surface area contributed by atoms with Gasteiger partial charge in [0.2, 0.25) is 15.9 Å². The number of ether oxygens (including phenoxy) is 1. The first-order valence-corrected chi connectivity index (χ1v) is 10.4. The third-order valence-corrected chi connectivity index (χ3v) is 5.40. The molecule has 1 heterocycles. The molecule has 0 saturated heterocycles. The van der Waals surface area contributed by atoms with Gasteiger partial charge in [-0.3, -0.25) is 14.9 Å². The molecule has 0 radical (unpaired) electrons. The van der Waals surface area contributed by atoms with Crippen LogP contribution < -0.4 is 10.0 Å². The maximum Gasteiger partial charge on any atom is 0.324 e. The summed E-state index contributed by atoms with van der Waals surface area (Å²) >= 11 is 0. The van der Waals surface area contributed by atoms with Crippen LogP contribution in [0.4, 0.5) is 10.4 Å². The average Bonchev–Trinajstić information content (AvgIpc) is 3.21. The second-order valence-corrected chi connectivity index (χ2v) is 7.95. The fourth-order valence-corrected chi connectivity index (χ4v) is 3.54. The molecule has 0 aliphatic heterocycles. The second kappa shape index (κ2) is 9.45. The molecule has 0 bridgehead atoms. The van der Waals surface area contributed by atoms with E-state index in [9.17, 15) is 22.4 Å². The number of hydrogen-bond acceptors (Lipinski definition) is 8. The fourth-order valence-electron chi connectivity index (χ4n) is 2.35. The van der Waals surface area contributed by atoms with E-state index >= 15 is 0 Å². The zero-order valence-electron chi connectivity index (χ0n) is 16.1. The zero-order valence-corrected chi connectivity index (χ0v) is 16.9. The van der Waals surface area contributed by atoms with Crippen molar-refractivity contribution < 1.29 is 31.6 Å². The maximum absolute atomic E-state index is 12.9. The van der Waals surface area contributed by atoms with Crippen LogP contribution in [0.1, 0.15) is 6.92 Å². The standard InChI is InChI=1S/C19H17FN4O6S/c1-12(24-31(27,28)15-9-7-14(20)8-10-15)18(26)29-11-16(25)21-19-23-22-17(30-19)13-5-3-2-4-6-13/h2-10,12,24H,11H2,1H3,(H,21,23,25)/t12-/m0/s1. The Hall–Kier alpha value is -3.64. The molecule has 162 valence electrons. The van der Waals surface area contributed by atoms with Crippen LogP contribution in [-0.2, 0) is 24.3 Å². The van der Waals surface area contributed by atoms with Gasteiger partial charge in [0.25, 0.3) is 5.91 Å². The maximum atomic E-state index is 12.9. The molecule has 0 spiro atoms. The number of esters is 1. The van der Waals surface area contributed by atoms with Crippen molar-refractivity contribution in [2.75, 3.05) is 11.9 Å². The molecule has 1 atom stereocenters. The minimum atomic E-state index is -4.08. The monoisotopic (exact) mass is 448 g/mol. The molecule has 3 aromatic rings. The van der Waals surface area contributed by atoms with Gasteiger partial charge in [0.15, 0.2) is 6.61 Å². The first-order chi connectivity index (χ1) is 14.7. The number of carbonyl (C=O) groups excluding carboxylic acids is 2. The molecule has 12 heteroatoms. The number of sulfonamides is 1. The lowest BCUT2D eigenvalue weighted by molar-refractivity contribution is -0.148. The lowest BCUT2D eigenvalue weighted by atomic mass is 10.2. The molecule has 3 rings (SSSR count). The van der Waals surface area contributed by atoms with E-state index in [1.807, 2.05) is 6.07 Å². The van der Waals surface area contributed by atoms with E-state index in [1.54, 1.807) is 24.3 Å². The molecule has 0 saturated carbocycles. The molecule has 1 aromatic heterocycles. The Morgan fingerprint density at radius 3 is 2.45 bits per heavy atom. The summed E-state index contributed by atoms with van der Waals surface area (Å²) in [4.78, 5) is 23.7. The molecular weight excluding hydrogens is 431 g/mol. The number of rotatable bonds is 8. The predicted molar refractivity (Wildman–Crippen MR) is 106 cm³/mol. The van der Waals surface area contributed by atoms with Crippen molar-refractivity contribution in [1.29, 1.82) is 0 Å². The summed E-state index contributed by atoms with van der Waals surface area (Å²) in [6.07, 6.45) is 0. The molecule has 0 aliphatic carbocycles. The van der Waals surface area contributed by atoms with Crippen LogP contribution in [0.15, 0.2) is 63.9 Å². The minimum absolute atomic E-state index is 0.190. The number of halogens is 1. The van der Waals surface area contributed by atoms with Gasteiger partial charge < -0.3 is 9.15 Å². The molecule has 2 N–H and O–H groups in total. The van der Waals surface area contributed by atoms with Crippen molar-refractivity contribution in [3.63, 3.8) is 0 Å². The Morgan fingerprint density at radius 1 is 1.10 bits per heavy atom. The number of aromatic nitrogens is 2. The molecule has 10 nitrogen and oxygen atoms in total. The van der Waals surface area contributed by atoms with E-state index in [1.165, 1.54) is 6.92 Å². The van der Waals surface area contributed by atoms with Crippen LogP contribution in [0.25, 0.3) is 11.5 Å². The molecule has 31 heavy (non-hydrogen) atoms. The smallest absolute Gasteiger partial charge is 0.324 e. The Kier molecular flexibility index (Phi) is 6.72. The topological polar surface area (TPSA) is 140 Å². The van der Waals surface area contributed by atoms with Crippen LogP contribution in [0.3, 0.4) is 0 Å². The van der Waals surface area contributed by atoms with E-state index in [4.69, 9.17) is 9.15 Å². The highest BCUT2D eigenvalue weighted by Crippen LogP contribution is 2.19. The van der Waals surface area contributed by atoms with E-state index < -0.39 is 40.4 Å². The zero-order chi connectivity index (χ0) is 22.4. The summed E-state index contributed by atoms with van der Waals surface area (Å²) in [5, 5.41) is 9.75. The average molecular weight is 448 g/mol. The highest BCUT2D eigenvalue weighted by molar-refractivity contribution is 7.89. The van der Waals surface area contributed by atoms with Crippen LogP contribution >= 0.6 is 0 Å². The minimum Gasteiger partial charge on any atom is -0.454 e. The second-order valence-electron chi connectivity index (χ2n) is 6.23. The van der Waals surface area contributed by atoms with Crippen molar-refractivity contribution in [2.45, 2.75) is 17.9 Å². The summed E-state index contributed by atoms with van der Waals surface area (Å²) in [5.41, 5.74) is 0.657. The summed E-state index contributed by atoms with van der Waals surface area (Å²) in [7, 11) is -4.08. The number of benzene rings is 2. The molecule has 2 aromatic carbocycles. The Morgan fingerprint density at radius 2 is 1.77 bits per heavy atom.